The highest BCUT2D eigenvalue weighted by atomic mass is 35.5. The molecule has 0 spiro atoms. The van der Waals surface area contributed by atoms with E-state index in [2.05, 4.69) is 5.43 Å². The monoisotopic (exact) mass is 172 g/mol. The summed E-state index contributed by atoms with van der Waals surface area (Å²) in [6, 6.07) is 0. The number of allylic oxidation sites excluding steroid dienone is 2. The van der Waals surface area contributed by atoms with Crippen molar-refractivity contribution in [3.05, 3.63) is 33.9 Å². The molecule has 4 heteroatoms. The average molecular weight is 173 g/mol. The van der Waals surface area contributed by atoms with Crippen molar-refractivity contribution in [1.82, 2.24) is 10.4 Å². The van der Waals surface area contributed by atoms with Crippen LogP contribution in [-0.4, -0.2) is 5.01 Å². The fourth-order valence-electron chi connectivity index (χ4n) is 0.800. The molecule has 0 aliphatic carbocycles. The number of rotatable bonds is 0. The van der Waals surface area contributed by atoms with Gasteiger partial charge in [0.1, 0.15) is 5.16 Å². The molecule has 0 radical (unpaired) electrons. The van der Waals surface area contributed by atoms with Gasteiger partial charge in [-0.25, -0.2) is 0 Å². The van der Waals surface area contributed by atoms with Gasteiger partial charge in [-0.15, -0.1) is 0 Å². The topological polar surface area (TPSA) is 15.3 Å². The fourth-order valence-corrected chi connectivity index (χ4v) is 1.64. The second-order valence-electron chi connectivity index (χ2n) is 1.90. The van der Waals surface area contributed by atoms with E-state index in [1.165, 1.54) is 0 Å². The smallest absolute Gasteiger partial charge is 0.121 e. The third-order valence-corrected chi connectivity index (χ3v) is 2.28. The maximum Gasteiger partial charge on any atom is 0.121 e. The molecule has 2 heterocycles. The Hall–Kier alpha value is -0.540. The molecule has 2 aliphatic rings. The molecule has 2 aliphatic heterocycles. The van der Waals surface area contributed by atoms with Crippen LogP contribution in [0.25, 0.3) is 0 Å². The molecular formula is C6H5ClN2S. The highest BCUT2D eigenvalue weighted by molar-refractivity contribution is 8.06. The second kappa shape index (κ2) is 2.25. The molecule has 0 saturated heterocycles. The van der Waals surface area contributed by atoms with Crippen LogP contribution < -0.4 is 5.43 Å². The summed E-state index contributed by atoms with van der Waals surface area (Å²) in [5, 5.41) is 5.69. The van der Waals surface area contributed by atoms with E-state index in [-0.39, 0.29) is 0 Å². The Morgan fingerprint density at radius 1 is 1.50 bits per heavy atom. The summed E-state index contributed by atoms with van der Waals surface area (Å²) in [7, 11) is 0. The lowest BCUT2D eigenvalue weighted by Crippen LogP contribution is -2.29. The number of fused-ring (bicyclic) bond motifs is 1. The van der Waals surface area contributed by atoms with Crippen LogP contribution in [0.15, 0.2) is 33.9 Å². The first-order valence-electron chi connectivity index (χ1n) is 2.83. The zero-order valence-corrected chi connectivity index (χ0v) is 6.62. The van der Waals surface area contributed by atoms with Crippen LogP contribution in [0.3, 0.4) is 0 Å². The van der Waals surface area contributed by atoms with Crippen molar-refractivity contribution in [3.63, 3.8) is 0 Å². The van der Waals surface area contributed by atoms with Crippen molar-refractivity contribution >= 4 is 23.4 Å². The van der Waals surface area contributed by atoms with Crippen molar-refractivity contribution < 1.29 is 0 Å². The van der Waals surface area contributed by atoms with Crippen molar-refractivity contribution in [3.8, 4) is 0 Å². The van der Waals surface area contributed by atoms with E-state index in [1.807, 2.05) is 28.8 Å². The van der Waals surface area contributed by atoms with Crippen LogP contribution in [0.1, 0.15) is 0 Å². The molecule has 0 saturated carbocycles. The molecule has 0 aromatic rings. The maximum absolute atomic E-state index is 5.70. The first kappa shape index (κ1) is 6.19. The summed E-state index contributed by atoms with van der Waals surface area (Å²) in [5.41, 5.74) is 2.96. The highest BCUT2D eigenvalue weighted by Crippen LogP contribution is 2.30. The Labute approximate surface area is 68.2 Å². The third kappa shape index (κ3) is 0.914. The summed E-state index contributed by atoms with van der Waals surface area (Å²) < 4.78 is 0. The lowest BCUT2D eigenvalue weighted by atomic mass is 10.5. The van der Waals surface area contributed by atoms with E-state index < -0.39 is 0 Å². The van der Waals surface area contributed by atoms with Gasteiger partial charge in [-0.05, 0) is 17.6 Å². The Kier molecular flexibility index (Phi) is 1.39. The molecular weight excluding hydrogens is 168 g/mol. The summed E-state index contributed by atoms with van der Waals surface area (Å²) in [4.78, 5) is 0. The molecule has 0 amide bonds. The van der Waals surface area contributed by atoms with Gasteiger partial charge in [-0.3, -0.25) is 10.4 Å². The molecule has 0 aromatic carbocycles. The zero-order valence-electron chi connectivity index (χ0n) is 5.04. The van der Waals surface area contributed by atoms with E-state index in [0.717, 1.165) is 5.03 Å². The SMILES string of the molecule is ClC1=CC=C2SC=CN2N1. The van der Waals surface area contributed by atoms with E-state index in [0.29, 0.717) is 5.16 Å². The third-order valence-electron chi connectivity index (χ3n) is 1.24. The van der Waals surface area contributed by atoms with Crippen LogP contribution in [0.4, 0.5) is 0 Å². The van der Waals surface area contributed by atoms with Crippen molar-refractivity contribution in [2.75, 3.05) is 0 Å². The van der Waals surface area contributed by atoms with Gasteiger partial charge >= 0.3 is 0 Å². The van der Waals surface area contributed by atoms with E-state index in [4.69, 9.17) is 11.6 Å². The van der Waals surface area contributed by atoms with E-state index in [9.17, 15) is 0 Å². The second-order valence-corrected chi connectivity index (χ2v) is 3.24. The van der Waals surface area contributed by atoms with Gasteiger partial charge in [0, 0.05) is 6.20 Å². The summed E-state index contributed by atoms with van der Waals surface area (Å²) >= 11 is 7.37. The van der Waals surface area contributed by atoms with Crippen LogP contribution in [0.2, 0.25) is 0 Å². The molecule has 1 N–H and O–H groups in total. The molecule has 10 heavy (non-hydrogen) atoms. The van der Waals surface area contributed by atoms with Gasteiger partial charge in [-0.1, -0.05) is 23.4 Å². The van der Waals surface area contributed by atoms with Gasteiger partial charge in [0.05, 0.1) is 5.03 Å². The Balaban J connectivity index is 2.28. The maximum atomic E-state index is 5.70. The van der Waals surface area contributed by atoms with Crippen molar-refractivity contribution in [1.29, 1.82) is 0 Å². The number of hydrogen-bond donors (Lipinski definition) is 1. The summed E-state index contributed by atoms with van der Waals surface area (Å²) in [5.74, 6) is 0. The van der Waals surface area contributed by atoms with Crippen LogP contribution in [0, 0.1) is 0 Å². The molecule has 2 nitrogen and oxygen atoms in total. The number of nitrogens with zero attached hydrogens (tertiary/aromatic N) is 1. The van der Waals surface area contributed by atoms with Crippen LogP contribution >= 0.6 is 23.4 Å². The Bertz CT molecular complexity index is 244. The minimum absolute atomic E-state index is 0.649. The molecule has 0 fully saturated rings. The number of hydrogen-bond acceptors (Lipinski definition) is 3. The quantitative estimate of drug-likeness (QED) is 0.563. The minimum Gasteiger partial charge on any atom is -0.283 e. The van der Waals surface area contributed by atoms with Gasteiger partial charge < -0.3 is 0 Å². The summed E-state index contributed by atoms with van der Waals surface area (Å²) in [6.07, 6.45) is 5.75. The van der Waals surface area contributed by atoms with Crippen molar-refractivity contribution in [2.45, 2.75) is 0 Å². The summed E-state index contributed by atoms with van der Waals surface area (Å²) in [6.45, 7) is 0. The lowest BCUT2D eigenvalue weighted by Gasteiger charge is -2.21. The van der Waals surface area contributed by atoms with Crippen LogP contribution in [0.5, 0.6) is 0 Å². The number of thioether (sulfide) groups is 1. The predicted octanol–water partition coefficient (Wildman–Crippen LogP) is 1.95. The van der Waals surface area contributed by atoms with Gasteiger partial charge in [-0.2, -0.15) is 0 Å². The number of hydrazine groups is 1. The Morgan fingerprint density at radius 3 is 3.30 bits per heavy atom. The molecule has 0 bridgehead atoms. The lowest BCUT2D eigenvalue weighted by molar-refractivity contribution is 0.416. The number of halogens is 1. The average Bonchev–Trinajstić information content (AvgIpc) is 2.33. The fraction of sp³-hybridized carbons (Fsp3) is 0. The standard InChI is InChI=1S/C6H5ClN2S/c7-5-1-2-6-9(8-5)3-4-10-6/h1-4,8H. The zero-order chi connectivity index (χ0) is 6.97. The normalized spacial score (nSPS) is 21.5. The Morgan fingerprint density at radius 2 is 2.40 bits per heavy atom. The van der Waals surface area contributed by atoms with E-state index >= 15 is 0 Å². The molecule has 0 aromatic heterocycles. The molecule has 0 atom stereocenters. The number of nitrogens with one attached hydrogen (secondary N) is 1. The van der Waals surface area contributed by atoms with Gasteiger partial charge in [0.15, 0.2) is 0 Å². The van der Waals surface area contributed by atoms with Gasteiger partial charge in [0.25, 0.3) is 0 Å². The largest absolute Gasteiger partial charge is 0.283 e. The van der Waals surface area contributed by atoms with Crippen LogP contribution in [-0.2, 0) is 0 Å². The van der Waals surface area contributed by atoms with Gasteiger partial charge in [0.2, 0.25) is 0 Å². The highest BCUT2D eigenvalue weighted by Gasteiger charge is 2.14. The van der Waals surface area contributed by atoms with Crippen molar-refractivity contribution in [2.24, 2.45) is 0 Å². The first-order chi connectivity index (χ1) is 4.86. The molecule has 2 rings (SSSR count). The van der Waals surface area contributed by atoms with E-state index in [1.54, 1.807) is 11.8 Å². The predicted molar refractivity (Wildman–Crippen MR) is 43.7 cm³/mol. The molecule has 52 valence electrons. The molecule has 0 unspecified atom stereocenters. The first-order valence-corrected chi connectivity index (χ1v) is 4.09. The minimum atomic E-state index is 0.649.